The summed E-state index contributed by atoms with van der Waals surface area (Å²) >= 11 is 0. The average molecular weight is 378 g/mol. The van der Waals surface area contributed by atoms with Gasteiger partial charge in [-0.3, -0.25) is 0 Å². The molecule has 28 heavy (non-hydrogen) atoms. The Balaban J connectivity index is 1.53. The van der Waals surface area contributed by atoms with Gasteiger partial charge in [-0.2, -0.15) is 0 Å². The van der Waals surface area contributed by atoms with Crippen LogP contribution in [0.3, 0.4) is 0 Å². The third-order valence-electron chi connectivity index (χ3n) is 6.10. The lowest BCUT2D eigenvalue weighted by molar-refractivity contribution is 0.0503. The maximum absolute atomic E-state index is 10.1. The van der Waals surface area contributed by atoms with Gasteiger partial charge in [0.2, 0.25) is 0 Å². The van der Waals surface area contributed by atoms with Gasteiger partial charge >= 0.3 is 0 Å². The fraction of sp³-hybridized carbons (Fsp3) is 0.500. The van der Waals surface area contributed by atoms with Crippen LogP contribution in [0, 0.1) is 5.92 Å². The molecule has 146 valence electrons. The number of aromatic nitrogens is 4. The third kappa shape index (κ3) is 3.01. The number of hydrogen-bond acceptors (Lipinski definition) is 5. The molecule has 4 heterocycles. The number of aryl methyl sites for hydroxylation is 1. The largest absolute Gasteiger partial charge is 0.382 e. The van der Waals surface area contributed by atoms with Gasteiger partial charge < -0.3 is 14.4 Å². The van der Waals surface area contributed by atoms with Gasteiger partial charge in [-0.15, -0.1) is 0 Å². The molecule has 1 N–H and O–H groups in total. The molecular formula is C22H26N4O2. The molecule has 0 amide bonds. The molecule has 0 radical (unpaired) electrons. The molecule has 1 aromatic carbocycles. The Kier molecular flexibility index (Phi) is 4.21. The van der Waals surface area contributed by atoms with E-state index in [1.54, 1.807) is 26.2 Å². The Morgan fingerprint density at radius 2 is 1.82 bits per heavy atom. The number of benzene rings is 1. The number of hydrogen-bond donors (Lipinski definition) is 1. The molecule has 2 aliphatic heterocycles. The smallest absolute Gasteiger partial charge is 0.159 e. The van der Waals surface area contributed by atoms with Crippen molar-refractivity contribution < 1.29 is 9.84 Å². The number of ether oxygens (including phenoxy) is 1. The molecule has 2 aliphatic rings. The molecular weight excluding hydrogens is 352 g/mol. The summed E-state index contributed by atoms with van der Waals surface area (Å²) in [5.41, 5.74) is 3.25. The molecule has 0 bridgehead atoms. The van der Waals surface area contributed by atoms with Crippen molar-refractivity contribution in [2.75, 3.05) is 13.2 Å². The van der Waals surface area contributed by atoms with Crippen LogP contribution in [0.15, 0.2) is 30.6 Å². The molecule has 6 nitrogen and oxygen atoms in total. The maximum Gasteiger partial charge on any atom is 0.159 e. The fourth-order valence-corrected chi connectivity index (χ4v) is 4.62. The van der Waals surface area contributed by atoms with Crippen molar-refractivity contribution >= 4 is 11.0 Å². The summed E-state index contributed by atoms with van der Waals surface area (Å²) < 4.78 is 8.04. The first-order chi connectivity index (χ1) is 13.5. The van der Waals surface area contributed by atoms with Gasteiger partial charge in [0.1, 0.15) is 11.4 Å². The maximum atomic E-state index is 10.1. The van der Waals surface area contributed by atoms with Crippen LogP contribution in [-0.4, -0.2) is 37.8 Å². The summed E-state index contributed by atoms with van der Waals surface area (Å²) in [5.74, 6) is 2.31. The van der Waals surface area contributed by atoms with E-state index in [2.05, 4.69) is 32.7 Å². The van der Waals surface area contributed by atoms with Crippen LogP contribution in [0.25, 0.3) is 22.2 Å². The SMILES string of the molecule is CC(C)(O)c1ncc(-c2ccc3nc4n(c3c2)C(C2CCOCC2)CC4)cn1. The van der Waals surface area contributed by atoms with Crippen LogP contribution in [0.2, 0.25) is 0 Å². The fourth-order valence-electron chi connectivity index (χ4n) is 4.62. The number of aliphatic hydroxyl groups is 1. The van der Waals surface area contributed by atoms with Crippen LogP contribution >= 0.6 is 0 Å². The van der Waals surface area contributed by atoms with E-state index in [9.17, 15) is 5.11 Å². The van der Waals surface area contributed by atoms with Gasteiger partial charge in [0.25, 0.3) is 0 Å². The second kappa shape index (κ2) is 6.64. The van der Waals surface area contributed by atoms with Crippen molar-refractivity contribution in [2.24, 2.45) is 5.92 Å². The van der Waals surface area contributed by atoms with Crippen molar-refractivity contribution in [3.8, 4) is 11.1 Å². The molecule has 1 fully saturated rings. The van der Waals surface area contributed by atoms with E-state index in [0.29, 0.717) is 17.8 Å². The predicted molar refractivity (Wildman–Crippen MR) is 107 cm³/mol. The highest BCUT2D eigenvalue weighted by molar-refractivity contribution is 5.82. The predicted octanol–water partition coefficient (Wildman–Crippen LogP) is 3.63. The van der Waals surface area contributed by atoms with Crippen LogP contribution in [-0.2, 0) is 16.8 Å². The summed E-state index contributed by atoms with van der Waals surface area (Å²) in [6.45, 7) is 5.14. The highest BCUT2D eigenvalue weighted by Gasteiger charge is 2.33. The number of nitrogens with zero attached hydrogens (tertiary/aromatic N) is 4. The second-order valence-electron chi connectivity index (χ2n) is 8.51. The summed E-state index contributed by atoms with van der Waals surface area (Å²) in [7, 11) is 0. The van der Waals surface area contributed by atoms with Gasteiger partial charge in [-0.25, -0.2) is 15.0 Å². The van der Waals surface area contributed by atoms with Crippen molar-refractivity contribution in [3.63, 3.8) is 0 Å². The molecule has 0 saturated carbocycles. The third-order valence-corrected chi connectivity index (χ3v) is 6.10. The van der Waals surface area contributed by atoms with E-state index < -0.39 is 5.60 Å². The van der Waals surface area contributed by atoms with E-state index in [1.165, 1.54) is 17.8 Å². The lowest BCUT2D eigenvalue weighted by Crippen LogP contribution is -2.24. The lowest BCUT2D eigenvalue weighted by atomic mass is 9.90. The quantitative estimate of drug-likeness (QED) is 0.753. The second-order valence-corrected chi connectivity index (χ2v) is 8.51. The van der Waals surface area contributed by atoms with Gasteiger partial charge in [0.05, 0.1) is 11.0 Å². The first-order valence-electron chi connectivity index (χ1n) is 10.1. The lowest BCUT2D eigenvalue weighted by Gasteiger charge is -2.29. The molecule has 5 rings (SSSR count). The Morgan fingerprint density at radius 1 is 1.07 bits per heavy atom. The van der Waals surface area contributed by atoms with Crippen molar-refractivity contribution in [1.82, 2.24) is 19.5 Å². The topological polar surface area (TPSA) is 73.1 Å². The van der Waals surface area contributed by atoms with E-state index in [-0.39, 0.29) is 0 Å². The minimum atomic E-state index is -1.04. The number of imidazole rings is 1. The number of rotatable bonds is 3. The Bertz CT molecular complexity index is 998. The first kappa shape index (κ1) is 17.8. The van der Waals surface area contributed by atoms with Gasteiger partial charge in [0, 0.05) is 43.6 Å². The van der Waals surface area contributed by atoms with Crippen molar-refractivity contribution in [2.45, 2.75) is 51.2 Å². The van der Waals surface area contributed by atoms with Crippen molar-refractivity contribution in [1.29, 1.82) is 0 Å². The standard InChI is InChI=1S/C22H26N4O2/c1-22(2,27)21-23-12-16(13-24-21)15-3-4-17-19(11-15)26-18(5-6-20(26)25-17)14-7-9-28-10-8-14/h3-4,11-14,18,27H,5-10H2,1-2H3. The van der Waals surface area contributed by atoms with Crippen LogP contribution < -0.4 is 0 Å². The average Bonchev–Trinajstić information content (AvgIpc) is 3.27. The van der Waals surface area contributed by atoms with E-state index in [1.807, 2.05) is 0 Å². The summed E-state index contributed by atoms with van der Waals surface area (Å²) in [4.78, 5) is 13.6. The summed E-state index contributed by atoms with van der Waals surface area (Å²) in [6, 6.07) is 6.91. The van der Waals surface area contributed by atoms with Crippen LogP contribution in [0.4, 0.5) is 0 Å². The molecule has 0 aliphatic carbocycles. The van der Waals surface area contributed by atoms with Crippen molar-refractivity contribution in [3.05, 3.63) is 42.2 Å². The van der Waals surface area contributed by atoms with E-state index in [4.69, 9.17) is 9.72 Å². The van der Waals surface area contributed by atoms with Gasteiger partial charge in [-0.05, 0) is 56.7 Å². The highest BCUT2D eigenvalue weighted by Crippen LogP contribution is 2.40. The zero-order valence-electron chi connectivity index (χ0n) is 16.4. The number of fused-ring (bicyclic) bond motifs is 3. The first-order valence-corrected chi connectivity index (χ1v) is 10.1. The molecule has 6 heteroatoms. The molecule has 3 aromatic rings. The normalized spacial score (nSPS) is 20.6. The Morgan fingerprint density at radius 3 is 2.54 bits per heavy atom. The molecule has 1 saturated heterocycles. The zero-order valence-corrected chi connectivity index (χ0v) is 16.4. The van der Waals surface area contributed by atoms with Crippen LogP contribution in [0.5, 0.6) is 0 Å². The van der Waals surface area contributed by atoms with Gasteiger partial charge in [-0.1, -0.05) is 6.07 Å². The molecule has 0 spiro atoms. The van der Waals surface area contributed by atoms with E-state index >= 15 is 0 Å². The summed E-state index contributed by atoms with van der Waals surface area (Å²) in [6.07, 6.45) is 8.08. The highest BCUT2D eigenvalue weighted by atomic mass is 16.5. The molecule has 2 aromatic heterocycles. The molecule has 1 atom stereocenters. The zero-order chi connectivity index (χ0) is 19.3. The monoisotopic (exact) mass is 378 g/mol. The van der Waals surface area contributed by atoms with Crippen LogP contribution in [0.1, 0.15) is 50.8 Å². The van der Waals surface area contributed by atoms with E-state index in [0.717, 1.165) is 49.1 Å². The Hall–Kier alpha value is -2.31. The minimum absolute atomic E-state index is 0.433. The molecule has 1 unspecified atom stereocenters. The Labute approximate surface area is 164 Å². The van der Waals surface area contributed by atoms with Gasteiger partial charge in [0.15, 0.2) is 5.82 Å². The summed E-state index contributed by atoms with van der Waals surface area (Å²) in [5, 5.41) is 10.1. The minimum Gasteiger partial charge on any atom is -0.382 e.